The molecule has 3 saturated carbocycles. The number of nitrogens with zero attached hydrogens (tertiary/aromatic N) is 1. The SMILES string of the molecule is CCCN1CCC2C3CC4(CC5=CCC3C4C5)C2C1=O. The molecule has 2 heteroatoms. The van der Waals surface area contributed by atoms with Crippen molar-refractivity contribution in [3.8, 4) is 0 Å². The zero-order chi connectivity index (χ0) is 13.5. The summed E-state index contributed by atoms with van der Waals surface area (Å²) in [4.78, 5) is 15.3. The summed E-state index contributed by atoms with van der Waals surface area (Å²) in [6, 6.07) is 0. The maximum atomic E-state index is 13.1. The first-order chi connectivity index (χ1) is 9.74. The molecule has 0 aromatic heterocycles. The van der Waals surface area contributed by atoms with Crippen LogP contribution in [-0.2, 0) is 4.79 Å². The molecule has 6 unspecified atom stereocenters. The van der Waals surface area contributed by atoms with E-state index in [1.54, 1.807) is 5.57 Å². The predicted molar refractivity (Wildman–Crippen MR) is 77.9 cm³/mol. The van der Waals surface area contributed by atoms with Crippen LogP contribution < -0.4 is 0 Å². The molecule has 5 rings (SSSR count). The van der Waals surface area contributed by atoms with E-state index < -0.39 is 0 Å². The number of likely N-dealkylation sites (tertiary alicyclic amines) is 1. The van der Waals surface area contributed by atoms with Gasteiger partial charge in [0.25, 0.3) is 0 Å². The number of piperidine rings is 1. The van der Waals surface area contributed by atoms with E-state index in [1.807, 2.05) is 0 Å². The smallest absolute Gasteiger partial charge is 0.226 e. The topological polar surface area (TPSA) is 20.3 Å². The van der Waals surface area contributed by atoms with Crippen LogP contribution in [-0.4, -0.2) is 23.9 Å². The lowest BCUT2D eigenvalue weighted by molar-refractivity contribution is -0.150. The molecule has 1 spiro atoms. The van der Waals surface area contributed by atoms with Gasteiger partial charge in [0.05, 0.1) is 0 Å². The third-order valence-corrected chi connectivity index (χ3v) is 7.54. The van der Waals surface area contributed by atoms with Crippen molar-refractivity contribution in [2.45, 2.75) is 45.4 Å². The minimum absolute atomic E-state index is 0.401. The van der Waals surface area contributed by atoms with Gasteiger partial charge in [0.2, 0.25) is 5.91 Å². The van der Waals surface area contributed by atoms with Gasteiger partial charge in [0.1, 0.15) is 0 Å². The molecule has 4 bridgehead atoms. The Balaban J connectivity index is 1.56. The van der Waals surface area contributed by atoms with Crippen molar-refractivity contribution < 1.29 is 4.79 Å². The van der Waals surface area contributed by atoms with Crippen LogP contribution in [0.4, 0.5) is 0 Å². The normalized spacial score (nSPS) is 51.5. The number of amides is 1. The molecule has 0 N–H and O–H groups in total. The number of fused-ring (bicyclic) bond motifs is 5. The van der Waals surface area contributed by atoms with E-state index in [1.165, 1.54) is 32.1 Å². The number of allylic oxidation sites excluding steroid dienone is 2. The van der Waals surface area contributed by atoms with Gasteiger partial charge >= 0.3 is 0 Å². The molecule has 108 valence electrons. The van der Waals surface area contributed by atoms with E-state index in [4.69, 9.17) is 0 Å². The average molecular weight is 271 g/mol. The van der Waals surface area contributed by atoms with E-state index in [2.05, 4.69) is 17.9 Å². The van der Waals surface area contributed by atoms with Gasteiger partial charge in [0.15, 0.2) is 0 Å². The fourth-order valence-electron chi connectivity index (χ4n) is 7.12. The summed E-state index contributed by atoms with van der Waals surface area (Å²) in [5.74, 6) is 4.38. The Morgan fingerprint density at radius 1 is 1.35 bits per heavy atom. The monoisotopic (exact) mass is 271 g/mol. The van der Waals surface area contributed by atoms with Crippen LogP contribution in [0.1, 0.15) is 45.4 Å². The highest BCUT2D eigenvalue weighted by Crippen LogP contribution is 2.75. The van der Waals surface area contributed by atoms with Crippen LogP contribution in [0.2, 0.25) is 0 Å². The lowest BCUT2D eigenvalue weighted by Crippen LogP contribution is -2.53. The highest BCUT2D eigenvalue weighted by molar-refractivity contribution is 5.82. The first kappa shape index (κ1) is 11.8. The van der Waals surface area contributed by atoms with Gasteiger partial charge in [-0.05, 0) is 67.6 Å². The van der Waals surface area contributed by atoms with Crippen LogP contribution in [0.25, 0.3) is 0 Å². The second-order valence-electron chi connectivity index (χ2n) is 8.11. The van der Waals surface area contributed by atoms with Crippen molar-refractivity contribution in [3.05, 3.63) is 11.6 Å². The fraction of sp³-hybridized carbons (Fsp3) is 0.833. The molecule has 1 saturated heterocycles. The van der Waals surface area contributed by atoms with Crippen molar-refractivity contribution in [3.63, 3.8) is 0 Å². The van der Waals surface area contributed by atoms with Crippen LogP contribution in [0.3, 0.4) is 0 Å². The molecule has 0 aromatic rings. The largest absolute Gasteiger partial charge is 0.342 e. The van der Waals surface area contributed by atoms with Crippen molar-refractivity contribution >= 4 is 5.91 Å². The first-order valence-corrected chi connectivity index (χ1v) is 8.71. The highest BCUT2D eigenvalue weighted by atomic mass is 16.2. The van der Waals surface area contributed by atoms with Crippen molar-refractivity contribution in [2.24, 2.45) is 35.0 Å². The number of carbonyl (C=O) groups excluding carboxylic acids is 1. The maximum Gasteiger partial charge on any atom is 0.226 e. The number of hydrogen-bond donors (Lipinski definition) is 0. The lowest BCUT2D eigenvalue weighted by atomic mass is 9.59. The Bertz CT molecular complexity index is 510. The zero-order valence-corrected chi connectivity index (χ0v) is 12.5. The summed E-state index contributed by atoms with van der Waals surface area (Å²) >= 11 is 0. The van der Waals surface area contributed by atoms with Gasteiger partial charge < -0.3 is 4.90 Å². The summed E-state index contributed by atoms with van der Waals surface area (Å²) in [5.41, 5.74) is 2.11. The summed E-state index contributed by atoms with van der Waals surface area (Å²) in [5, 5.41) is 0. The molecule has 0 aromatic carbocycles. The van der Waals surface area contributed by atoms with Crippen molar-refractivity contribution in [2.75, 3.05) is 13.1 Å². The number of hydrogen-bond acceptors (Lipinski definition) is 1. The third kappa shape index (κ3) is 1.17. The van der Waals surface area contributed by atoms with E-state index in [9.17, 15) is 4.79 Å². The predicted octanol–water partition coefficient (Wildman–Crippen LogP) is 3.24. The molecule has 1 amide bonds. The standard InChI is InChI=1S/C18H25NO/c1-2-6-19-7-5-13-14-10-18(16(13)17(19)20)9-11-3-4-12(14)15(18)8-11/h3,12-16H,2,4-10H2,1H3. The van der Waals surface area contributed by atoms with Gasteiger partial charge in [-0.3, -0.25) is 4.79 Å². The molecule has 4 aliphatic carbocycles. The summed E-state index contributed by atoms with van der Waals surface area (Å²) in [7, 11) is 0. The summed E-state index contributed by atoms with van der Waals surface area (Å²) < 4.78 is 0. The van der Waals surface area contributed by atoms with E-state index in [0.717, 1.165) is 43.2 Å². The maximum absolute atomic E-state index is 13.1. The Morgan fingerprint density at radius 3 is 3.10 bits per heavy atom. The molecule has 20 heavy (non-hydrogen) atoms. The van der Waals surface area contributed by atoms with Crippen LogP contribution in [0.5, 0.6) is 0 Å². The van der Waals surface area contributed by atoms with Crippen LogP contribution in [0.15, 0.2) is 11.6 Å². The Kier molecular flexibility index (Phi) is 2.18. The zero-order valence-electron chi connectivity index (χ0n) is 12.5. The highest BCUT2D eigenvalue weighted by Gasteiger charge is 2.71. The molecule has 1 aliphatic heterocycles. The molecule has 2 nitrogen and oxygen atoms in total. The number of rotatable bonds is 2. The Morgan fingerprint density at radius 2 is 2.25 bits per heavy atom. The molecular weight excluding hydrogens is 246 g/mol. The summed E-state index contributed by atoms with van der Waals surface area (Å²) in [6.07, 6.45) is 10.3. The van der Waals surface area contributed by atoms with Gasteiger partial charge in [-0.1, -0.05) is 18.6 Å². The minimum Gasteiger partial charge on any atom is -0.342 e. The average Bonchev–Trinajstić information content (AvgIpc) is 3.02. The lowest BCUT2D eigenvalue weighted by Gasteiger charge is -2.48. The molecule has 6 atom stereocenters. The summed E-state index contributed by atoms with van der Waals surface area (Å²) in [6.45, 7) is 4.22. The Labute approximate surface area is 121 Å². The molecule has 1 heterocycles. The molecule has 4 fully saturated rings. The van der Waals surface area contributed by atoms with E-state index >= 15 is 0 Å². The van der Waals surface area contributed by atoms with Gasteiger partial charge in [0, 0.05) is 19.0 Å². The fourth-order valence-corrected chi connectivity index (χ4v) is 7.12. The van der Waals surface area contributed by atoms with Gasteiger partial charge in [-0.25, -0.2) is 0 Å². The van der Waals surface area contributed by atoms with E-state index in [0.29, 0.717) is 17.2 Å². The Hall–Kier alpha value is -0.790. The van der Waals surface area contributed by atoms with Gasteiger partial charge in [-0.15, -0.1) is 0 Å². The third-order valence-electron chi connectivity index (χ3n) is 7.54. The van der Waals surface area contributed by atoms with Crippen LogP contribution in [0, 0.1) is 35.0 Å². The van der Waals surface area contributed by atoms with Crippen molar-refractivity contribution in [1.29, 1.82) is 0 Å². The van der Waals surface area contributed by atoms with Gasteiger partial charge in [-0.2, -0.15) is 0 Å². The molecule has 5 aliphatic rings. The minimum atomic E-state index is 0.401. The second kappa shape index (κ2) is 3.69. The number of carbonyl (C=O) groups is 1. The van der Waals surface area contributed by atoms with Crippen LogP contribution >= 0.6 is 0 Å². The second-order valence-corrected chi connectivity index (χ2v) is 8.11. The van der Waals surface area contributed by atoms with E-state index in [-0.39, 0.29) is 0 Å². The first-order valence-electron chi connectivity index (χ1n) is 8.71. The van der Waals surface area contributed by atoms with Crippen molar-refractivity contribution in [1.82, 2.24) is 4.90 Å². The molecular formula is C18H25NO. The molecule has 0 radical (unpaired) electrons. The quantitative estimate of drug-likeness (QED) is 0.706.